The van der Waals surface area contributed by atoms with E-state index < -0.39 is 5.60 Å². The molecule has 0 aliphatic carbocycles. The van der Waals surface area contributed by atoms with Gasteiger partial charge in [-0.05, 0) is 31.7 Å². The normalized spacial score (nSPS) is 35.2. The number of thioether (sulfide) groups is 1. The van der Waals surface area contributed by atoms with Crippen molar-refractivity contribution in [1.29, 1.82) is 0 Å². The molecule has 3 rings (SSSR count). The average molecular weight is 265 g/mol. The average Bonchev–Trinajstić information content (AvgIpc) is 2.38. The minimum atomic E-state index is -0.754. The molecule has 18 heavy (non-hydrogen) atoms. The third-order valence-corrected chi connectivity index (χ3v) is 5.55. The number of aliphatic hydroxyl groups is 1. The molecule has 3 heterocycles. The summed E-state index contributed by atoms with van der Waals surface area (Å²) in [4.78, 5) is 4.43. The summed E-state index contributed by atoms with van der Waals surface area (Å²) in [5.74, 6) is 0.587. The molecule has 2 fully saturated rings. The molecule has 3 nitrogen and oxygen atoms in total. The summed E-state index contributed by atoms with van der Waals surface area (Å²) in [6.07, 6.45) is 5.42. The monoisotopic (exact) mass is 265 g/mol. The minimum Gasteiger partial charge on any atom is -0.481 e. The van der Waals surface area contributed by atoms with Gasteiger partial charge < -0.3 is 9.84 Å². The van der Waals surface area contributed by atoms with Gasteiger partial charge in [-0.15, -0.1) is 0 Å². The number of aromatic nitrogens is 1. The van der Waals surface area contributed by atoms with Crippen LogP contribution in [0.2, 0.25) is 0 Å². The Morgan fingerprint density at radius 2 is 2.06 bits per heavy atom. The number of nitrogens with zero attached hydrogens (tertiary/aromatic N) is 1. The van der Waals surface area contributed by atoms with Gasteiger partial charge in [0.2, 0.25) is 5.88 Å². The molecule has 1 aromatic rings. The molecule has 0 radical (unpaired) electrons. The van der Waals surface area contributed by atoms with Crippen molar-refractivity contribution >= 4 is 11.8 Å². The first-order valence-electron chi connectivity index (χ1n) is 6.59. The van der Waals surface area contributed by atoms with Gasteiger partial charge in [-0.1, -0.05) is 12.5 Å². The van der Waals surface area contributed by atoms with Crippen LogP contribution in [0, 0.1) is 0 Å². The topological polar surface area (TPSA) is 42.4 Å². The Bertz CT molecular complexity index is 426. The molecule has 0 aromatic carbocycles. The molecule has 0 spiro atoms. The fourth-order valence-corrected chi connectivity index (χ4v) is 5.01. The second kappa shape index (κ2) is 4.74. The number of pyridine rings is 1. The summed E-state index contributed by atoms with van der Waals surface area (Å²) >= 11 is 2.06. The van der Waals surface area contributed by atoms with Crippen LogP contribution in [0.5, 0.6) is 5.88 Å². The second-order valence-corrected chi connectivity index (χ2v) is 6.92. The lowest BCUT2D eigenvalue weighted by atomic mass is 9.83. The molecular weight excluding hydrogens is 246 g/mol. The second-order valence-electron chi connectivity index (χ2n) is 5.32. The molecule has 0 saturated carbocycles. The molecule has 4 heteroatoms. The maximum Gasteiger partial charge on any atom is 0.213 e. The Kier molecular flexibility index (Phi) is 3.24. The van der Waals surface area contributed by atoms with E-state index in [1.165, 1.54) is 19.3 Å². The number of hydrogen-bond donors (Lipinski definition) is 1. The SMILES string of the molecule is COc1cccc(C2(O)CC3CCCC(C2)S3)n1. The molecule has 2 unspecified atom stereocenters. The van der Waals surface area contributed by atoms with E-state index >= 15 is 0 Å². The lowest BCUT2D eigenvalue weighted by molar-refractivity contribution is 0.00362. The molecule has 1 aromatic heterocycles. The fourth-order valence-electron chi connectivity index (χ4n) is 3.12. The van der Waals surface area contributed by atoms with Crippen molar-refractivity contribution in [3.05, 3.63) is 23.9 Å². The third-order valence-electron chi connectivity index (χ3n) is 3.98. The molecule has 2 bridgehead atoms. The zero-order valence-corrected chi connectivity index (χ0v) is 11.4. The molecule has 2 saturated heterocycles. The third kappa shape index (κ3) is 2.24. The summed E-state index contributed by atoms with van der Waals surface area (Å²) in [6, 6.07) is 5.66. The molecule has 0 amide bonds. The molecule has 2 aliphatic heterocycles. The first-order valence-corrected chi connectivity index (χ1v) is 7.53. The summed E-state index contributed by atoms with van der Waals surface area (Å²) in [6.45, 7) is 0. The van der Waals surface area contributed by atoms with E-state index in [9.17, 15) is 5.11 Å². The smallest absolute Gasteiger partial charge is 0.213 e. The molecule has 2 aliphatic rings. The lowest BCUT2D eigenvalue weighted by Gasteiger charge is -2.43. The highest BCUT2D eigenvalue weighted by Crippen LogP contribution is 2.49. The lowest BCUT2D eigenvalue weighted by Crippen LogP contribution is -2.41. The predicted molar refractivity (Wildman–Crippen MR) is 72.9 cm³/mol. The summed E-state index contributed by atoms with van der Waals surface area (Å²) in [5, 5.41) is 12.1. The maximum absolute atomic E-state index is 10.9. The van der Waals surface area contributed by atoms with Gasteiger partial charge in [0.1, 0.15) is 5.60 Å². The van der Waals surface area contributed by atoms with E-state index in [1.807, 2.05) is 18.2 Å². The van der Waals surface area contributed by atoms with Gasteiger partial charge >= 0.3 is 0 Å². The number of fused-ring (bicyclic) bond motifs is 2. The Labute approximate surface area is 112 Å². The van der Waals surface area contributed by atoms with E-state index in [4.69, 9.17) is 4.74 Å². The van der Waals surface area contributed by atoms with Crippen LogP contribution in [0.15, 0.2) is 18.2 Å². The van der Waals surface area contributed by atoms with Gasteiger partial charge in [0.15, 0.2) is 0 Å². The van der Waals surface area contributed by atoms with Crippen molar-refractivity contribution in [3.8, 4) is 5.88 Å². The van der Waals surface area contributed by atoms with Crippen LogP contribution >= 0.6 is 11.8 Å². The van der Waals surface area contributed by atoms with Crippen molar-refractivity contribution in [2.75, 3.05) is 7.11 Å². The Balaban J connectivity index is 1.89. The summed E-state index contributed by atoms with van der Waals surface area (Å²) < 4.78 is 5.16. The Hall–Kier alpha value is -0.740. The van der Waals surface area contributed by atoms with Crippen LogP contribution in [0.1, 0.15) is 37.8 Å². The summed E-state index contributed by atoms with van der Waals surface area (Å²) in [7, 11) is 1.61. The molecular formula is C14H19NO2S. The quantitative estimate of drug-likeness (QED) is 0.893. The number of methoxy groups -OCH3 is 1. The van der Waals surface area contributed by atoms with Gasteiger partial charge in [0.05, 0.1) is 12.8 Å². The van der Waals surface area contributed by atoms with E-state index in [0.29, 0.717) is 16.4 Å². The van der Waals surface area contributed by atoms with Crippen LogP contribution in [-0.2, 0) is 5.60 Å². The van der Waals surface area contributed by atoms with Crippen LogP contribution in [0.25, 0.3) is 0 Å². The molecule has 1 N–H and O–H groups in total. The van der Waals surface area contributed by atoms with E-state index in [2.05, 4.69) is 16.7 Å². The van der Waals surface area contributed by atoms with Crippen molar-refractivity contribution in [1.82, 2.24) is 4.98 Å². The first kappa shape index (κ1) is 12.3. The summed E-state index contributed by atoms with van der Waals surface area (Å²) in [5.41, 5.74) is 0.0225. The highest BCUT2D eigenvalue weighted by molar-refractivity contribution is 8.00. The van der Waals surface area contributed by atoms with Crippen LogP contribution < -0.4 is 4.74 Å². The first-order chi connectivity index (χ1) is 8.69. The van der Waals surface area contributed by atoms with E-state index in [0.717, 1.165) is 18.5 Å². The standard InChI is InChI=1S/C14H19NO2S/c1-17-13-7-3-6-12(15-13)14(16)8-10-4-2-5-11(9-14)18-10/h3,6-7,10-11,16H,2,4-5,8-9H2,1H3. The van der Waals surface area contributed by atoms with E-state index in [-0.39, 0.29) is 0 Å². The predicted octanol–water partition coefficient (Wildman–Crippen LogP) is 2.73. The van der Waals surface area contributed by atoms with Gasteiger partial charge in [0.25, 0.3) is 0 Å². The van der Waals surface area contributed by atoms with Gasteiger partial charge in [-0.2, -0.15) is 11.8 Å². The largest absolute Gasteiger partial charge is 0.481 e. The van der Waals surface area contributed by atoms with Crippen molar-refractivity contribution < 1.29 is 9.84 Å². The van der Waals surface area contributed by atoms with Crippen LogP contribution in [-0.4, -0.2) is 27.7 Å². The zero-order chi connectivity index (χ0) is 12.6. The maximum atomic E-state index is 10.9. The molecule has 2 atom stereocenters. The molecule has 98 valence electrons. The highest BCUT2D eigenvalue weighted by Gasteiger charge is 2.43. The fraction of sp³-hybridized carbons (Fsp3) is 0.643. The van der Waals surface area contributed by atoms with Gasteiger partial charge in [-0.25, -0.2) is 4.98 Å². The van der Waals surface area contributed by atoms with Crippen molar-refractivity contribution in [2.24, 2.45) is 0 Å². The Morgan fingerprint density at radius 3 is 2.72 bits per heavy atom. The number of hydrogen-bond acceptors (Lipinski definition) is 4. The van der Waals surface area contributed by atoms with Gasteiger partial charge in [0, 0.05) is 16.6 Å². The van der Waals surface area contributed by atoms with Crippen molar-refractivity contribution in [2.45, 2.75) is 48.2 Å². The van der Waals surface area contributed by atoms with Crippen molar-refractivity contribution in [3.63, 3.8) is 0 Å². The van der Waals surface area contributed by atoms with Crippen LogP contribution in [0.4, 0.5) is 0 Å². The number of rotatable bonds is 2. The zero-order valence-electron chi connectivity index (χ0n) is 10.6. The van der Waals surface area contributed by atoms with Gasteiger partial charge in [-0.3, -0.25) is 0 Å². The number of ether oxygens (including phenoxy) is 1. The van der Waals surface area contributed by atoms with E-state index in [1.54, 1.807) is 7.11 Å². The van der Waals surface area contributed by atoms with Crippen LogP contribution in [0.3, 0.4) is 0 Å². The minimum absolute atomic E-state index is 0.587. The highest BCUT2D eigenvalue weighted by atomic mass is 32.2. The Morgan fingerprint density at radius 1 is 1.33 bits per heavy atom.